The fraction of sp³-hybridized carbons (Fsp3) is 0.0204. The Labute approximate surface area is 599 Å². The van der Waals surface area contributed by atoms with Crippen LogP contribution in [0.15, 0.2) is 326 Å². The van der Waals surface area contributed by atoms with Crippen molar-refractivity contribution in [3.8, 4) is 45.4 Å². The molecule has 18 aromatic carbocycles. The number of fused-ring (bicyclic) bond motifs is 30. The molecule has 0 saturated carbocycles. The summed E-state index contributed by atoms with van der Waals surface area (Å²) >= 11 is 0. The second-order valence-corrected chi connectivity index (χ2v) is 28.8. The first-order valence-electron chi connectivity index (χ1n) is 36.1. The number of furan rings is 1. The third-order valence-corrected chi connectivity index (χ3v) is 23.4. The van der Waals surface area contributed by atoms with E-state index in [-0.39, 0.29) is 0 Å². The molecule has 105 heavy (non-hydrogen) atoms. The van der Waals surface area contributed by atoms with Gasteiger partial charge in [-0.3, -0.25) is 9.13 Å². The summed E-state index contributed by atoms with van der Waals surface area (Å²) in [6.07, 6.45) is 0. The normalized spacial score (nSPS) is 14.0. The number of benzene rings is 18. The van der Waals surface area contributed by atoms with Crippen LogP contribution in [0.1, 0.15) is 23.7 Å². The predicted molar refractivity (Wildman–Crippen MR) is 437 cm³/mol. The van der Waals surface area contributed by atoms with Gasteiger partial charge in [0, 0.05) is 54.4 Å². The summed E-state index contributed by atoms with van der Waals surface area (Å²) in [4.78, 5) is 23.7. The first kappa shape index (κ1) is 56.8. The van der Waals surface area contributed by atoms with Gasteiger partial charge in [0.05, 0.1) is 38.9 Å². The van der Waals surface area contributed by atoms with Crippen molar-refractivity contribution in [1.29, 1.82) is 0 Å². The van der Waals surface area contributed by atoms with Gasteiger partial charge in [-0.1, -0.05) is 255 Å². The highest BCUT2D eigenvalue weighted by Crippen LogP contribution is 2.55. The predicted octanol–water partition coefficient (Wildman–Crippen LogP) is 25.6. The van der Waals surface area contributed by atoms with E-state index in [1.54, 1.807) is 0 Å². The van der Waals surface area contributed by atoms with E-state index < -0.39 is 5.41 Å². The van der Waals surface area contributed by atoms with Crippen molar-refractivity contribution >= 4 is 174 Å². The van der Waals surface area contributed by atoms with Gasteiger partial charge in [0.15, 0.2) is 11.6 Å². The van der Waals surface area contributed by atoms with Gasteiger partial charge in [-0.25, -0.2) is 19.9 Å². The Morgan fingerprint density at radius 2 is 0.695 bits per heavy atom. The number of rotatable bonds is 5. The molecule has 5 heterocycles. The van der Waals surface area contributed by atoms with Crippen molar-refractivity contribution in [1.82, 2.24) is 29.1 Å². The number of nitrogens with zero attached hydrogens (tertiary/aromatic N) is 6. The smallest absolute Gasteiger partial charge is 0.247 e. The molecule has 24 rings (SSSR count). The van der Waals surface area contributed by atoms with E-state index in [2.05, 4.69) is 319 Å². The highest BCUT2D eigenvalue weighted by molar-refractivity contribution is 6.38. The lowest BCUT2D eigenvalue weighted by molar-refractivity contribution is 0.653. The van der Waals surface area contributed by atoms with Crippen LogP contribution in [0.5, 0.6) is 0 Å². The van der Waals surface area contributed by atoms with E-state index in [1.165, 1.54) is 70.0 Å². The molecule has 0 spiro atoms. The molecule has 0 radical (unpaired) electrons. The minimum Gasteiger partial charge on any atom is -0.436 e. The molecule has 1 aliphatic rings. The van der Waals surface area contributed by atoms with Crippen LogP contribution in [-0.2, 0) is 5.41 Å². The average molecular weight is 1330 g/mol. The second-order valence-electron chi connectivity index (χ2n) is 28.8. The van der Waals surface area contributed by atoms with Gasteiger partial charge in [-0.2, -0.15) is 0 Å². The quantitative estimate of drug-likeness (QED) is 0.161. The van der Waals surface area contributed by atoms with E-state index >= 15 is 0 Å². The van der Waals surface area contributed by atoms with Gasteiger partial charge in [0.25, 0.3) is 0 Å². The minimum absolute atomic E-state index is 0.499. The third-order valence-electron chi connectivity index (χ3n) is 23.4. The molecule has 0 N–H and O–H groups in total. The van der Waals surface area contributed by atoms with Crippen LogP contribution in [0.2, 0.25) is 0 Å². The molecule has 484 valence electrons. The fourth-order valence-corrected chi connectivity index (χ4v) is 18.6. The SMILES string of the molecule is CC1(c2ccc3c(c2)c2ccccc2c2ccc4c(c5cc6ccccc6cc5n4-c4nc5c(nc4-c4ccc6ccccc6c4)oc4ccccc45)c23)c2ccccc2-c2nc(-n3c4cc5ccccc5cc4c4c5c6ccccc6c6ccccc6c5ccc43)c(-c3ccc4ccccc4c3)nc21. The molecular weight excluding hydrogens is 1280 g/mol. The molecule has 0 amide bonds. The van der Waals surface area contributed by atoms with Crippen LogP contribution >= 0.6 is 0 Å². The number of hydrogen-bond acceptors (Lipinski definition) is 5. The second kappa shape index (κ2) is 20.9. The van der Waals surface area contributed by atoms with E-state index in [4.69, 9.17) is 24.4 Å². The maximum Gasteiger partial charge on any atom is 0.247 e. The lowest BCUT2D eigenvalue weighted by Gasteiger charge is -2.28. The lowest BCUT2D eigenvalue weighted by Crippen LogP contribution is -2.24. The molecule has 1 unspecified atom stereocenters. The molecule has 0 bridgehead atoms. The molecule has 0 aliphatic heterocycles. The maximum absolute atomic E-state index is 6.59. The zero-order chi connectivity index (χ0) is 68.5. The van der Waals surface area contributed by atoms with Gasteiger partial charge in [-0.05, 0) is 182 Å². The Bertz CT molecular complexity index is 7860. The molecule has 0 saturated heterocycles. The average Bonchev–Trinajstić information content (AvgIpc) is 1.56. The van der Waals surface area contributed by atoms with Gasteiger partial charge >= 0.3 is 0 Å². The van der Waals surface area contributed by atoms with E-state index in [0.29, 0.717) is 5.71 Å². The minimum atomic E-state index is -0.783. The van der Waals surface area contributed by atoms with Crippen molar-refractivity contribution in [2.24, 2.45) is 0 Å². The van der Waals surface area contributed by atoms with Crippen LogP contribution < -0.4 is 0 Å². The summed E-state index contributed by atoms with van der Waals surface area (Å²) in [5.41, 5.74) is 14.0. The molecule has 7 nitrogen and oxygen atoms in total. The van der Waals surface area contributed by atoms with Crippen LogP contribution in [-0.4, -0.2) is 29.1 Å². The van der Waals surface area contributed by atoms with Gasteiger partial charge in [0.1, 0.15) is 22.5 Å². The number of aromatic nitrogens is 6. The first-order valence-corrected chi connectivity index (χ1v) is 36.1. The van der Waals surface area contributed by atoms with Gasteiger partial charge in [-0.15, -0.1) is 0 Å². The van der Waals surface area contributed by atoms with Crippen molar-refractivity contribution in [3.63, 3.8) is 0 Å². The summed E-state index contributed by atoms with van der Waals surface area (Å²) in [6, 6.07) is 118. The maximum atomic E-state index is 6.59. The zero-order valence-corrected chi connectivity index (χ0v) is 56.7. The van der Waals surface area contributed by atoms with Gasteiger partial charge < -0.3 is 4.42 Å². The Balaban J connectivity index is 0.785. The van der Waals surface area contributed by atoms with Crippen molar-refractivity contribution in [3.05, 3.63) is 338 Å². The fourth-order valence-electron chi connectivity index (χ4n) is 18.6. The summed E-state index contributed by atoms with van der Waals surface area (Å²) in [6.45, 7) is 2.39. The van der Waals surface area contributed by atoms with E-state index in [9.17, 15) is 0 Å². The molecule has 0 fully saturated rings. The summed E-state index contributed by atoms with van der Waals surface area (Å²) in [5.74, 6) is 1.51. The lowest BCUT2D eigenvalue weighted by atomic mass is 9.75. The van der Waals surface area contributed by atoms with Crippen molar-refractivity contribution in [2.75, 3.05) is 0 Å². The summed E-state index contributed by atoms with van der Waals surface area (Å²) in [7, 11) is 0. The molecular formula is C98H56N6O. The molecule has 1 atom stereocenters. The highest BCUT2D eigenvalue weighted by Gasteiger charge is 2.45. The van der Waals surface area contributed by atoms with E-state index in [0.717, 1.165) is 160 Å². The van der Waals surface area contributed by atoms with E-state index in [1.807, 2.05) is 18.2 Å². The number of hydrogen-bond donors (Lipinski definition) is 0. The van der Waals surface area contributed by atoms with Crippen molar-refractivity contribution in [2.45, 2.75) is 12.3 Å². The topological polar surface area (TPSA) is 74.6 Å². The Kier molecular flexibility index (Phi) is 11.3. The largest absolute Gasteiger partial charge is 0.436 e. The third kappa shape index (κ3) is 7.77. The Morgan fingerprint density at radius 1 is 0.276 bits per heavy atom. The standard InChI is InChI=1S/C98H56N6O/c1-98(80-36-18-16-34-75(80)92-94(98)99-90(63-40-38-55-20-2-4-22-57(55)48-63)95(100-92)103-81-46-44-72-68-30-11-10-28-66(68)67-29-14-15-33-71(67)86(72)88(81)78-50-59-24-6-8-26-61(59)52-83(78)103)65-42-43-74-77(54-65)70-32-13-12-31-69(70)73-45-47-82-89(87(73)74)79-51-60-25-7-9-27-62(60)53-84(79)104(82)96-91(64-41-39-56-21-3-5-23-58(56)49-64)102-97-93(101-96)76-35-17-19-37-85(76)105-97/h2-54H,1H3. The first-order chi connectivity index (χ1) is 51.9. The molecule has 5 aromatic heterocycles. The molecule has 23 aromatic rings. The summed E-state index contributed by atoms with van der Waals surface area (Å²) < 4.78 is 11.4. The number of para-hydroxylation sites is 1. The van der Waals surface area contributed by atoms with Crippen LogP contribution in [0.3, 0.4) is 0 Å². The zero-order valence-electron chi connectivity index (χ0n) is 56.7. The monoisotopic (exact) mass is 1330 g/mol. The molecule has 1 aliphatic carbocycles. The van der Waals surface area contributed by atoms with Crippen LogP contribution in [0, 0.1) is 0 Å². The summed E-state index contributed by atoms with van der Waals surface area (Å²) in [5, 5.41) is 29.2. The van der Waals surface area contributed by atoms with Crippen LogP contribution in [0.25, 0.3) is 219 Å². The Morgan fingerprint density at radius 3 is 1.27 bits per heavy atom. The van der Waals surface area contributed by atoms with Gasteiger partial charge in [0.2, 0.25) is 5.71 Å². The van der Waals surface area contributed by atoms with Crippen LogP contribution in [0.4, 0.5) is 0 Å². The molecule has 7 heteroatoms. The highest BCUT2D eigenvalue weighted by atomic mass is 16.3. The Hall–Kier alpha value is -13.9. The van der Waals surface area contributed by atoms with Crippen molar-refractivity contribution < 1.29 is 4.42 Å².